The fourth-order valence-electron chi connectivity index (χ4n) is 1.66. The minimum atomic E-state index is -3.56. The summed E-state index contributed by atoms with van der Waals surface area (Å²) < 4.78 is 34.3. The number of anilines is 1. The first-order valence-corrected chi connectivity index (χ1v) is 6.16. The highest BCUT2D eigenvalue weighted by molar-refractivity contribution is 7.09. The highest BCUT2D eigenvalue weighted by atomic mass is 32.1. The van der Waals surface area contributed by atoms with Gasteiger partial charge in [-0.15, -0.1) is 20.1 Å². The van der Waals surface area contributed by atoms with Gasteiger partial charge in [-0.05, 0) is 23.6 Å². The molecule has 94 valence electrons. The van der Waals surface area contributed by atoms with Crippen LogP contribution in [0.2, 0.25) is 0 Å². The van der Waals surface area contributed by atoms with Gasteiger partial charge in [-0.2, -0.15) is 0 Å². The standard InChI is InChI=1S/C12H9F2NO2S/c13-12(14)16-10-4-3-8(6-11(10)17-12)15-7-9-2-1-5-18-9/h1-6,15H,7H2. The maximum Gasteiger partial charge on any atom is 0.586 e. The van der Waals surface area contributed by atoms with Crippen molar-refractivity contribution < 1.29 is 18.3 Å². The smallest absolute Gasteiger partial charge is 0.395 e. The normalized spacial score (nSPS) is 15.7. The maximum absolute atomic E-state index is 12.8. The number of benzene rings is 1. The molecule has 1 aromatic carbocycles. The Balaban J connectivity index is 1.72. The second-order valence-corrected chi connectivity index (χ2v) is 4.79. The highest BCUT2D eigenvalue weighted by Gasteiger charge is 2.43. The lowest BCUT2D eigenvalue weighted by Crippen LogP contribution is -2.25. The molecule has 1 aromatic heterocycles. The van der Waals surface area contributed by atoms with Crippen LogP contribution in [0.25, 0.3) is 0 Å². The zero-order valence-corrected chi connectivity index (χ0v) is 9.97. The van der Waals surface area contributed by atoms with Gasteiger partial charge in [-0.3, -0.25) is 0 Å². The molecular formula is C12H9F2NO2S. The monoisotopic (exact) mass is 269 g/mol. The Morgan fingerprint density at radius 1 is 1.17 bits per heavy atom. The second-order valence-electron chi connectivity index (χ2n) is 3.76. The quantitative estimate of drug-likeness (QED) is 0.922. The molecule has 0 aliphatic carbocycles. The fraction of sp³-hybridized carbons (Fsp3) is 0.167. The van der Waals surface area contributed by atoms with Crippen LogP contribution >= 0.6 is 11.3 Å². The average Bonchev–Trinajstić information content (AvgIpc) is 2.90. The van der Waals surface area contributed by atoms with Crippen molar-refractivity contribution >= 4 is 17.0 Å². The number of ether oxygens (including phenoxy) is 2. The molecule has 0 saturated heterocycles. The number of nitrogens with one attached hydrogen (secondary N) is 1. The van der Waals surface area contributed by atoms with Crippen LogP contribution in [0.4, 0.5) is 14.5 Å². The largest absolute Gasteiger partial charge is 0.586 e. The van der Waals surface area contributed by atoms with Gasteiger partial charge >= 0.3 is 6.29 Å². The van der Waals surface area contributed by atoms with E-state index in [0.29, 0.717) is 12.2 Å². The Labute approximate surface area is 106 Å². The Bertz CT molecular complexity index is 557. The molecule has 3 rings (SSSR count). The van der Waals surface area contributed by atoms with Crippen molar-refractivity contribution in [2.24, 2.45) is 0 Å². The van der Waals surface area contributed by atoms with Gasteiger partial charge < -0.3 is 14.8 Å². The third-order valence-electron chi connectivity index (χ3n) is 2.45. The van der Waals surface area contributed by atoms with Crippen molar-refractivity contribution in [1.29, 1.82) is 0 Å². The van der Waals surface area contributed by atoms with E-state index in [1.165, 1.54) is 12.1 Å². The number of hydrogen-bond donors (Lipinski definition) is 1. The van der Waals surface area contributed by atoms with Gasteiger partial charge in [-0.1, -0.05) is 6.07 Å². The maximum atomic E-state index is 12.8. The van der Waals surface area contributed by atoms with E-state index < -0.39 is 6.29 Å². The lowest BCUT2D eigenvalue weighted by molar-refractivity contribution is -0.286. The van der Waals surface area contributed by atoms with E-state index in [1.807, 2.05) is 17.5 Å². The number of rotatable bonds is 3. The van der Waals surface area contributed by atoms with Gasteiger partial charge in [0, 0.05) is 23.2 Å². The molecule has 6 heteroatoms. The first-order chi connectivity index (χ1) is 8.62. The van der Waals surface area contributed by atoms with E-state index in [0.717, 1.165) is 4.88 Å². The lowest BCUT2D eigenvalue weighted by atomic mass is 10.3. The van der Waals surface area contributed by atoms with Crippen molar-refractivity contribution in [2.75, 3.05) is 5.32 Å². The average molecular weight is 269 g/mol. The summed E-state index contributed by atoms with van der Waals surface area (Å²) in [6.07, 6.45) is -3.56. The van der Waals surface area contributed by atoms with Crippen molar-refractivity contribution in [3.63, 3.8) is 0 Å². The predicted octanol–water partition coefficient (Wildman–Crippen LogP) is 3.68. The van der Waals surface area contributed by atoms with Crippen molar-refractivity contribution in [3.05, 3.63) is 40.6 Å². The lowest BCUT2D eigenvalue weighted by Gasteiger charge is -2.05. The van der Waals surface area contributed by atoms with Gasteiger partial charge in [0.15, 0.2) is 11.5 Å². The molecule has 1 N–H and O–H groups in total. The minimum Gasteiger partial charge on any atom is -0.395 e. The minimum absolute atomic E-state index is 0.0520. The van der Waals surface area contributed by atoms with Crippen LogP contribution in [0.5, 0.6) is 11.5 Å². The summed E-state index contributed by atoms with van der Waals surface area (Å²) in [5, 5.41) is 5.12. The van der Waals surface area contributed by atoms with E-state index in [1.54, 1.807) is 17.4 Å². The van der Waals surface area contributed by atoms with Crippen LogP contribution in [0.3, 0.4) is 0 Å². The molecule has 0 radical (unpaired) electrons. The predicted molar refractivity (Wildman–Crippen MR) is 64.3 cm³/mol. The van der Waals surface area contributed by atoms with Gasteiger partial charge in [0.05, 0.1) is 0 Å². The summed E-state index contributed by atoms with van der Waals surface area (Å²) in [6.45, 7) is 0.647. The van der Waals surface area contributed by atoms with E-state index >= 15 is 0 Å². The van der Waals surface area contributed by atoms with E-state index in [2.05, 4.69) is 14.8 Å². The zero-order valence-electron chi connectivity index (χ0n) is 9.15. The number of hydrogen-bond acceptors (Lipinski definition) is 4. The summed E-state index contributed by atoms with van der Waals surface area (Å²) in [5.74, 6) is 0.109. The molecule has 3 nitrogen and oxygen atoms in total. The number of fused-ring (bicyclic) bond motifs is 1. The summed E-state index contributed by atoms with van der Waals surface area (Å²) in [7, 11) is 0. The van der Waals surface area contributed by atoms with Crippen LogP contribution < -0.4 is 14.8 Å². The molecule has 0 amide bonds. The zero-order chi connectivity index (χ0) is 12.6. The van der Waals surface area contributed by atoms with Gasteiger partial charge in [0.2, 0.25) is 0 Å². The van der Waals surface area contributed by atoms with E-state index in [4.69, 9.17) is 0 Å². The van der Waals surface area contributed by atoms with Crippen LogP contribution in [-0.4, -0.2) is 6.29 Å². The number of thiophene rings is 1. The summed E-state index contributed by atoms with van der Waals surface area (Å²) in [5.41, 5.74) is 0.712. The number of alkyl halides is 2. The van der Waals surface area contributed by atoms with Gasteiger partial charge in [0.25, 0.3) is 0 Å². The molecule has 0 fully saturated rings. The molecule has 0 spiro atoms. The third kappa shape index (κ3) is 2.24. The van der Waals surface area contributed by atoms with Crippen LogP contribution in [0.1, 0.15) is 4.88 Å². The Kier molecular flexibility index (Phi) is 2.59. The summed E-state index contributed by atoms with van der Waals surface area (Å²) in [4.78, 5) is 1.16. The molecule has 0 saturated carbocycles. The molecule has 18 heavy (non-hydrogen) atoms. The SMILES string of the molecule is FC1(F)Oc2ccc(NCc3cccs3)cc2O1. The Morgan fingerprint density at radius 3 is 2.78 bits per heavy atom. The first-order valence-electron chi connectivity index (χ1n) is 5.28. The van der Waals surface area contributed by atoms with Gasteiger partial charge in [-0.25, -0.2) is 0 Å². The first kappa shape index (κ1) is 11.3. The van der Waals surface area contributed by atoms with Gasteiger partial charge in [0.1, 0.15) is 0 Å². The molecule has 2 heterocycles. The molecule has 0 atom stereocenters. The van der Waals surface area contributed by atoms with Crippen LogP contribution in [-0.2, 0) is 6.54 Å². The number of halogens is 2. The Hall–Kier alpha value is -1.82. The topological polar surface area (TPSA) is 30.5 Å². The fourth-order valence-corrected chi connectivity index (χ4v) is 2.31. The van der Waals surface area contributed by atoms with Crippen molar-refractivity contribution in [3.8, 4) is 11.5 Å². The molecule has 0 bridgehead atoms. The molecule has 1 aliphatic heterocycles. The van der Waals surface area contributed by atoms with E-state index in [-0.39, 0.29) is 11.5 Å². The summed E-state index contributed by atoms with van der Waals surface area (Å²) in [6, 6.07) is 8.61. The van der Waals surface area contributed by atoms with E-state index in [9.17, 15) is 8.78 Å². The van der Waals surface area contributed by atoms with Crippen LogP contribution in [0, 0.1) is 0 Å². The van der Waals surface area contributed by atoms with Crippen LogP contribution in [0.15, 0.2) is 35.7 Å². The molecule has 2 aromatic rings. The second kappa shape index (κ2) is 4.13. The van der Waals surface area contributed by atoms with Crippen molar-refractivity contribution in [2.45, 2.75) is 12.8 Å². The summed E-state index contributed by atoms with van der Waals surface area (Å²) >= 11 is 1.63. The molecule has 0 unspecified atom stereocenters. The Morgan fingerprint density at radius 2 is 2.00 bits per heavy atom. The third-order valence-corrected chi connectivity index (χ3v) is 3.32. The highest BCUT2D eigenvalue weighted by Crippen LogP contribution is 2.42. The molecular weight excluding hydrogens is 260 g/mol. The van der Waals surface area contributed by atoms with Crippen molar-refractivity contribution in [1.82, 2.24) is 0 Å². The molecule has 1 aliphatic rings.